The van der Waals surface area contributed by atoms with Gasteiger partial charge >= 0.3 is 0 Å². The summed E-state index contributed by atoms with van der Waals surface area (Å²) >= 11 is 3.59. The van der Waals surface area contributed by atoms with Crippen molar-refractivity contribution < 1.29 is 4.74 Å². The summed E-state index contributed by atoms with van der Waals surface area (Å²) in [6, 6.07) is 21.8. The molecule has 162 valence electrons. The minimum Gasteiger partial charge on any atom is -0.489 e. The lowest BCUT2D eigenvalue weighted by Crippen LogP contribution is -1.97. The second-order valence-corrected chi connectivity index (χ2v) is 9.66. The summed E-state index contributed by atoms with van der Waals surface area (Å²) in [5.74, 6) is 7.50. The van der Waals surface area contributed by atoms with E-state index in [4.69, 9.17) is 4.74 Å². The van der Waals surface area contributed by atoms with Gasteiger partial charge in [-0.15, -0.1) is 29.0 Å². The Kier molecular flexibility index (Phi) is 7.25. The number of aryl methyl sites for hydroxylation is 1. The van der Waals surface area contributed by atoms with Gasteiger partial charge in [0.25, 0.3) is 0 Å². The molecule has 0 saturated heterocycles. The minimum atomic E-state index is 0.293. The van der Waals surface area contributed by atoms with Crippen LogP contribution in [-0.2, 0) is 6.61 Å². The summed E-state index contributed by atoms with van der Waals surface area (Å²) in [6.07, 6.45) is 3.14. The first kappa shape index (κ1) is 22.5. The molecular weight excluding hydrogens is 428 g/mol. The lowest BCUT2D eigenvalue weighted by atomic mass is 9.97. The average molecular weight is 457 g/mol. The molecule has 0 fully saturated rings. The van der Waals surface area contributed by atoms with Crippen molar-refractivity contribution in [3.8, 4) is 28.7 Å². The number of benzene rings is 3. The predicted octanol–water partition coefficient (Wildman–Crippen LogP) is 8.69. The van der Waals surface area contributed by atoms with Gasteiger partial charge in [-0.1, -0.05) is 37.1 Å². The first-order valence-electron chi connectivity index (χ1n) is 10.9. The third-order valence-corrected chi connectivity index (χ3v) is 7.48. The number of rotatable bonds is 7. The summed E-state index contributed by atoms with van der Waals surface area (Å²) in [5.41, 5.74) is 6.37. The Morgan fingerprint density at radius 2 is 1.81 bits per heavy atom. The van der Waals surface area contributed by atoms with Crippen molar-refractivity contribution in [3.63, 3.8) is 0 Å². The predicted molar refractivity (Wildman–Crippen MR) is 141 cm³/mol. The highest BCUT2D eigenvalue weighted by molar-refractivity contribution is 7.98. The van der Waals surface area contributed by atoms with Crippen LogP contribution in [-0.4, -0.2) is 6.26 Å². The van der Waals surface area contributed by atoms with Gasteiger partial charge in [-0.2, -0.15) is 0 Å². The fourth-order valence-corrected chi connectivity index (χ4v) is 5.33. The van der Waals surface area contributed by atoms with E-state index in [9.17, 15) is 0 Å². The van der Waals surface area contributed by atoms with E-state index in [-0.39, 0.29) is 0 Å². The zero-order valence-electron chi connectivity index (χ0n) is 19.1. The van der Waals surface area contributed by atoms with Crippen LogP contribution in [0.5, 0.6) is 5.75 Å². The fraction of sp³-hybridized carbons (Fsp3) is 0.241. The van der Waals surface area contributed by atoms with Crippen LogP contribution >= 0.6 is 23.1 Å². The molecule has 0 N–H and O–H groups in total. The monoisotopic (exact) mass is 456 g/mol. The second kappa shape index (κ2) is 10.3. The van der Waals surface area contributed by atoms with Gasteiger partial charge in [-0.05, 0) is 90.6 Å². The summed E-state index contributed by atoms with van der Waals surface area (Å²) in [6.45, 7) is 6.82. The van der Waals surface area contributed by atoms with E-state index in [1.165, 1.54) is 42.8 Å². The Balaban J connectivity index is 1.55. The van der Waals surface area contributed by atoms with E-state index in [1.807, 2.05) is 6.92 Å². The summed E-state index contributed by atoms with van der Waals surface area (Å²) < 4.78 is 7.43. The van der Waals surface area contributed by atoms with Gasteiger partial charge in [0.1, 0.15) is 12.4 Å². The molecule has 0 spiro atoms. The first-order valence-corrected chi connectivity index (χ1v) is 13.0. The first-order chi connectivity index (χ1) is 15.6. The molecule has 0 aliphatic heterocycles. The zero-order valence-corrected chi connectivity index (χ0v) is 20.7. The van der Waals surface area contributed by atoms with Crippen molar-refractivity contribution in [2.24, 2.45) is 0 Å². The molecule has 0 aliphatic rings. The van der Waals surface area contributed by atoms with Crippen molar-refractivity contribution >= 4 is 33.2 Å². The van der Waals surface area contributed by atoms with Crippen molar-refractivity contribution in [2.45, 2.75) is 44.6 Å². The molecule has 0 aliphatic carbocycles. The smallest absolute Gasteiger partial charge is 0.119 e. The SMILES string of the molecule is CC#CC(CC)c1ccc(OCc2ccc3scc(-c4cc(SC)ccc4C)c3c2)cc1. The van der Waals surface area contributed by atoms with Gasteiger partial charge in [-0.25, -0.2) is 0 Å². The maximum atomic E-state index is 6.12. The number of hydrogen-bond acceptors (Lipinski definition) is 3. The molecule has 4 rings (SSSR count). The van der Waals surface area contributed by atoms with Gasteiger partial charge in [0.15, 0.2) is 0 Å². The van der Waals surface area contributed by atoms with Crippen LogP contribution in [0, 0.1) is 18.8 Å². The largest absolute Gasteiger partial charge is 0.489 e. The summed E-state index contributed by atoms with van der Waals surface area (Å²) in [7, 11) is 0. The Morgan fingerprint density at radius 3 is 2.53 bits per heavy atom. The van der Waals surface area contributed by atoms with Gasteiger partial charge in [0, 0.05) is 26.5 Å². The number of fused-ring (bicyclic) bond motifs is 1. The zero-order chi connectivity index (χ0) is 22.5. The van der Waals surface area contributed by atoms with Crippen LogP contribution in [0.2, 0.25) is 0 Å². The maximum Gasteiger partial charge on any atom is 0.119 e. The Bertz CT molecular complexity index is 1270. The van der Waals surface area contributed by atoms with Crippen molar-refractivity contribution in [2.75, 3.05) is 6.26 Å². The quantitative estimate of drug-likeness (QED) is 0.203. The van der Waals surface area contributed by atoms with Crippen molar-refractivity contribution in [3.05, 3.63) is 82.7 Å². The molecule has 1 nitrogen and oxygen atoms in total. The average Bonchev–Trinajstić information content (AvgIpc) is 3.25. The number of ether oxygens (including phenoxy) is 1. The number of thiophene rings is 1. The second-order valence-electron chi connectivity index (χ2n) is 7.87. The molecule has 0 amide bonds. The summed E-state index contributed by atoms with van der Waals surface area (Å²) in [5, 5.41) is 3.58. The Labute approximate surface area is 199 Å². The standard InChI is InChI=1S/C29H28OS2/c1-5-7-22(6-2)23-10-12-24(13-11-23)30-18-21-9-15-29-27(16-21)28(19-32-29)26-17-25(31-4)14-8-20(26)3/h8-17,19,22H,6,18H2,1-4H3. The van der Waals surface area contributed by atoms with E-state index in [0.29, 0.717) is 12.5 Å². The van der Waals surface area contributed by atoms with Crippen LogP contribution in [0.15, 0.2) is 70.9 Å². The molecule has 1 unspecified atom stereocenters. The van der Waals surface area contributed by atoms with Gasteiger partial charge in [-0.3, -0.25) is 0 Å². The van der Waals surface area contributed by atoms with E-state index in [0.717, 1.165) is 12.2 Å². The van der Waals surface area contributed by atoms with E-state index in [2.05, 4.69) is 98.0 Å². The highest BCUT2D eigenvalue weighted by atomic mass is 32.2. The third-order valence-electron chi connectivity index (χ3n) is 5.79. The van der Waals surface area contributed by atoms with Gasteiger partial charge in [0.2, 0.25) is 0 Å². The maximum absolute atomic E-state index is 6.12. The molecule has 3 heteroatoms. The molecule has 1 aromatic heterocycles. The third kappa shape index (κ3) is 4.88. The molecule has 0 bridgehead atoms. The Morgan fingerprint density at radius 1 is 1.00 bits per heavy atom. The van der Waals surface area contributed by atoms with Crippen LogP contribution in [0.4, 0.5) is 0 Å². The van der Waals surface area contributed by atoms with Crippen LogP contribution < -0.4 is 4.74 Å². The molecule has 32 heavy (non-hydrogen) atoms. The van der Waals surface area contributed by atoms with Crippen molar-refractivity contribution in [1.29, 1.82) is 0 Å². The molecule has 3 aromatic carbocycles. The fourth-order valence-electron chi connectivity index (χ4n) is 3.95. The molecule has 0 radical (unpaired) electrons. The number of thioether (sulfide) groups is 1. The molecule has 1 heterocycles. The number of hydrogen-bond donors (Lipinski definition) is 0. The lowest BCUT2D eigenvalue weighted by molar-refractivity contribution is 0.306. The lowest BCUT2D eigenvalue weighted by Gasteiger charge is -2.11. The van der Waals surface area contributed by atoms with Crippen LogP contribution in [0.25, 0.3) is 21.2 Å². The van der Waals surface area contributed by atoms with Crippen LogP contribution in [0.3, 0.4) is 0 Å². The van der Waals surface area contributed by atoms with Gasteiger partial charge < -0.3 is 4.74 Å². The molecule has 1 atom stereocenters. The highest BCUT2D eigenvalue weighted by Crippen LogP contribution is 2.37. The van der Waals surface area contributed by atoms with E-state index in [1.54, 1.807) is 23.1 Å². The highest BCUT2D eigenvalue weighted by Gasteiger charge is 2.11. The molecular formula is C29H28OS2. The molecule has 4 aromatic rings. The van der Waals surface area contributed by atoms with Crippen LogP contribution in [0.1, 0.15) is 42.9 Å². The van der Waals surface area contributed by atoms with E-state index >= 15 is 0 Å². The molecule has 0 saturated carbocycles. The van der Waals surface area contributed by atoms with E-state index < -0.39 is 0 Å². The minimum absolute atomic E-state index is 0.293. The summed E-state index contributed by atoms with van der Waals surface area (Å²) in [4.78, 5) is 1.29. The normalized spacial score (nSPS) is 11.8. The Hall–Kier alpha value is -2.67. The topological polar surface area (TPSA) is 9.23 Å². The van der Waals surface area contributed by atoms with Crippen molar-refractivity contribution in [1.82, 2.24) is 0 Å². The van der Waals surface area contributed by atoms with Gasteiger partial charge in [0.05, 0.1) is 0 Å².